The Balaban J connectivity index is 0.886. The summed E-state index contributed by atoms with van der Waals surface area (Å²) in [6.45, 7) is 13.9. The van der Waals surface area contributed by atoms with Crippen molar-refractivity contribution in [3.8, 4) is 62.1 Å². The maximum Gasteiger partial charge on any atom is 0.252 e. The number of aromatic nitrogens is 4. The van der Waals surface area contributed by atoms with Crippen LogP contribution in [0.3, 0.4) is 0 Å². The van der Waals surface area contributed by atoms with Gasteiger partial charge in [0.25, 0.3) is 6.71 Å². The Bertz CT molecular complexity index is 4560. The van der Waals surface area contributed by atoms with Crippen molar-refractivity contribution in [3.05, 3.63) is 272 Å². The molecule has 2 aromatic heterocycles. The summed E-state index contributed by atoms with van der Waals surface area (Å²) in [6, 6.07) is 95.0. The average Bonchev–Trinajstić information content (AvgIpc) is 1.06. The van der Waals surface area contributed by atoms with Gasteiger partial charge in [0.05, 0.1) is 16.7 Å². The highest BCUT2D eigenvalue weighted by Gasteiger charge is 2.43. The van der Waals surface area contributed by atoms with Crippen LogP contribution in [0.1, 0.15) is 52.7 Å². The van der Waals surface area contributed by atoms with Crippen molar-refractivity contribution in [1.29, 1.82) is 0 Å². The van der Waals surface area contributed by atoms with Crippen molar-refractivity contribution in [2.75, 3.05) is 9.80 Å². The highest BCUT2D eigenvalue weighted by Crippen LogP contribution is 2.46. The van der Waals surface area contributed by atoms with Gasteiger partial charge in [-0.3, -0.25) is 0 Å². The molecule has 0 spiro atoms. The minimum Gasteiger partial charge on any atom is -0.311 e. The molecule has 0 atom stereocenters. The van der Waals surface area contributed by atoms with Gasteiger partial charge in [0.2, 0.25) is 0 Å². The predicted molar refractivity (Wildman–Crippen MR) is 353 cm³/mol. The third-order valence-corrected chi connectivity index (χ3v) is 17.1. The number of anilines is 6. The number of fused-ring (bicyclic) bond motifs is 7. The molecule has 0 N–H and O–H groups in total. The van der Waals surface area contributed by atoms with Gasteiger partial charge < -0.3 is 14.4 Å². The van der Waals surface area contributed by atoms with Crippen LogP contribution in [-0.2, 0) is 10.8 Å². The Morgan fingerprint density at radius 2 is 0.738 bits per heavy atom. The molecular weight excluding hydrogens is 1020 g/mol. The summed E-state index contributed by atoms with van der Waals surface area (Å²) in [6.07, 6.45) is 0. The van der Waals surface area contributed by atoms with Crippen LogP contribution in [0, 0.1) is 0 Å². The van der Waals surface area contributed by atoms with Gasteiger partial charge in [-0.25, -0.2) is 15.0 Å². The lowest BCUT2D eigenvalue weighted by Crippen LogP contribution is -2.61. The summed E-state index contributed by atoms with van der Waals surface area (Å²) in [4.78, 5) is 20.4. The lowest BCUT2D eigenvalue weighted by Gasteiger charge is -2.44. The lowest BCUT2D eigenvalue weighted by atomic mass is 9.33. The van der Waals surface area contributed by atoms with E-state index >= 15 is 0 Å². The normalized spacial score (nSPS) is 12.8. The molecule has 0 fully saturated rings. The second-order valence-electron chi connectivity index (χ2n) is 24.5. The van der Waals surface area contributed by atoms with Crippen molar-refractivity contribution >= 4 is 79.0 Å². The minimum absolute atomic E-state index is 0.0280. The molecule has 0 saturated carbocycles. The summed E-state index contributed by atoms with van der Waals surface area (Å²) in [5.74, 6) is 1.86. The van der Waals surface area contributed by atoms with E-state index in [1.807, 2.05) is 36.4 Å². The standard InChI is InChI=1S/C77H61BN6/c1-76(2,3)56-41-44-66-61(48-56)62-49-57(77(4,5)6)42-45-67(62)84(66)65-43-40-55(75-80-73(52-22-10-7-11-23-52)79-74(81-75)53-24-12-8-13-25-53)47-60(65)51-38-36-50(37-39-51)54-26-20-29-59(46-54)83-69-33-19-17-31-64(69)78-63-30-16-18-32-68(63)82(58-27-14-9-15-28-58)70-34-21-35-71(83)72(70)78/h7-49H,1-6H3. The van der Waals surface area contributed by atoms with Crippen molar-refractivity contribution in [1.82, 2.24) is 19.5 Å². The molecule has 0 radical (unpaired) electrons. The van der Waals surface area contributed by atoms with E-state index < -0.39 is 0 Å². The third-order valence-electron chi connectivity index (χ3n) is 17.1. The fourth-order valence-electron chi connectivity index (χ4n) is 12.9. The first kappa shape index (κ1) is 50.8. The monoisotopic (exact) mass is 1080 g/mol. The quantitative estimate of drug-likeness (QED) is 0.142. The molecule has 11 aromatic carbocycles. The summed E-state index contributed by atoms with van der Waals surface area (Å²) in [5.41, 5.74) is 24.1. The third kappa shape index (κ3) is 8.61. The number of benzene rings is 11. The molecule has 0 unspecified atom stereocenters. The Morgan fingerprint density at radius 1 is 0.310 bits per heavy atom. The van der Waals surface area contributed by atoms with E-state index in [9.17, 15) is 0 Å². The maximum absolute atomic E-state index is 5.23. The number of hydrogen-bond acceptors (Lipinski definition) is 5. The number of hydrogen-bond donors (Lipinski definition) is 0. The summed E-state index contributed by atoms with van der Waals surface area (Å²) >= 11 is 0. The second-order valence-corrected chi connectivity index (χ2v) is 24.5. The first-order valence-corrected chi connectivity index (χ1v) is 29.2. The molecule has 402 valence electrons. The molecule has 0 saturated heterocycles. The molecule has 0 aliphatic carbocycles. The van der Waals surface area contributed by atoms with Crippen LogP contribution in [0.15, 0.2) is 261 Å². The molecule has 15 rings (SSSR count). The smallest absolute Gasteiger partial charge is 0.252 e. The van der Waals surface area contributed by atoms with Gasteiger partial charge in [-0.15, -0.1) is 0 Å². The fraction of sp³-hybridized carbons (Fsp3) is 0.104. The van der Waals surface area contributed by atoms with Crippen molar-refractivity contribution < 1.29 is 0 Å². The van der Waals surface area contributed by atoms with E-state index in [1.165, 1.54) is 61.0 Å². The molecule has 2 aliphatic rings. The molecular formula is C77H61BN6. The fourth-order valence-corrected chi connectivity index (χ4v) is 12.9. The van der Waals surface area contributed by atoms with Gasteiger partial charge in [-0.2, -0.15) is 0 Å². The van der Waals surface area contributed by atoms with E-state index in [-0.39, 0.29) is 17.5 Å². The molecule has 6 nitrogen and oxygen atoms in total. The van der Waals surface area contributed by atoms with Gasteiger partial charge in [0.15, 0.2) is 17.5 Å². The van der Waals surface area contributed by atoms with Crippen LogP contribution in [0.25, 0.3) is 83.9 Å². The molecule has 84 heavy (non-hydrogen) atoms. The Hall–Kier alpha value is -10.1. The molecule has 7 heteroatoms. The van der Waals surface area contributed by atoms with Crippen LogP contribution in [0.4, 0.5) is 34.1 Å². The van der Waals surface area contributed by atoms with Gasteiger partial charge in [-0.1, -0.05) is 211 Å². The molecule has 2 aliphatic heterocycles. The molecule has 4 heterocycles. The summed E-state index contributed by atoms with van der Waals surface area (Å²) in [5, 5.41) is 2.49. The number of nitrogens with zero attached hydrogens (tertiary/aromatic N) is 6. The van der Waals surface area contributed by atoms with E-state index in [4.69, 9.17) is 15.0 Å². The van der Waals surface area contributed by atoms with E-state index in [0.29, 0.717) is 17.5 Å². The maximum atomic E-state index is 5.23. The first-order valence-electron chi connectivity index (χ1n) is 29.2. The molecule has 0 amide bonds. The lowest BCUT2D eigenvalue weighted by molar-refractivity contribution is 0.590. The second kappa shape index (κ2) is 19.8. The van der Waals surface area contributed by atoms with E-state index in [2.05, 4.69) is 280 Å². The van der Waals surface area contributed by atoms with Crippen LogP contribution >= 0.6 is 0 Å². The Labute approximate surface area is 492 Å². The Morgan fingerprint density at radius 3 is 1.29 bits per heavy atom. The number of para-hydroxylation sites is 3. The summed E-state index contributed by atoms with van der Waals surface area (Å²) < 4.78 is 2.47. The highest BCUT2D eigenvalue weighted by molar-refractivity contribution is 7.00. The Kier molecular flexibility index (Phi) is 12.0. The largest absolute Gasteiger partial charge is 0.311 e. The number of rotatable bonds is 8. The zero-order valence-electron chi connectivity index (χ0n) is 48.1. The van der Waals surface area contributed by atoms with Crippen LogP contribution in [-0.4, -0.2) is 26.2 Å². The first-order chi connectivity index (χ1) is 40.9. The van der Waals surface area contributed by atoms with Gasteiger partial charge >= 0.3 is 0 Å². The topological polar surface area (TPSA) is 50.1 Å². The van der Waals surface area contributed by atoms with Gasteiger partial charge in [0.1, 0.15) is 0 Å². The van der Waals surface area contributed by atoms with E-state index in [0.717, 1.165) is 67.0 Å². The SMILES string of the molecule is CC(C)(C)c1ccc2c(c1)c1cc(C(C)(C)C)ccc1n2-c1ccc(-c2nc(-c3ccccc3)nc(-c3ccccc3)n2)cc1-c1ccc(-c2cccc(N3c4ccccc4B4c5ccccc5N(c5ccccc5)c5cccc3c54)c2)cc1. The predicted octanol–water partition coefficient (Wildman–Crippen LogP) is 18.0. The van der Waals surface area contributed by atoms with Gasteiger partial charge in [0, 0.05) is 67.2 Å². The van der Waals surface area contributed by atoms with Crippen molar-refractivity contribution in [3.63, 3.8) is 0 Å². The molecule has 13 aromatic rings. The van der Waals surface area contributed by atoms with E-state index in [1.54, 1.807) is 0 Å². The van der Waals surface area contributed by atoms with Crippen molar-refractivity contribution in [2.24, 2.45) is 0 Å². The van der Waals surface area contributed by atoms with Crippen LogP contribution in [0.5, 0.6) is 0 Å². The van der Waals surface area contributed by atoms with Crippen LogP contribution < -0.4 is 26.2 Å². The highest BCUT2D eigenvalue weighted by atomic mass is 15.2. The van der Waals surface area contributed by atoms with Gasteiger partial charge in [-0.05, 0) is 146 Å². The van der Waals surface area contributed by atoms with Crippen molar-refractivity contribution in [2.45, 2.75) is 52.4 Å². The average molecular weight is 1080 g/mol. The molecule has 0 bridgehead atoms. The zero-order chi connectivity index (χ0) is 56.8. The van der Waals surface area contributed by atoms with Crippen LogP contribution in [0.2, 0.25) is 0 Å². The summed E-state index contributed by atoms with van der Waals surface area (Å²) in [7, 11) is 0. The minimum atomic E-state index is -0.0280. The zero-order valence-corrected chi connectivity index (χ0v) is 48.1.